The maximum atomic E-state index is 11.4. The van der Waals surface area contributed by atoms with Crippen molar-refractivity contribution >= 4 is 29.3 Å². The summed E-state index contributed by atoms with van der Waals surface area (Å²) in [6.07, 6.45) is 0.933. The fourth-order valence-corrected chi connectivity index (χ4v) is 2.34. The number of aliphatic hydroxyl groups is 1. The maximum Gasteiger partial charge on any atom is 0.230 e. The molecule has 0 bridgehead atoms. The predicted molar refractivity (Wildman–Crippen MR) is 71.4 cm³/mol. The first-order valence-electron chi connectivity index (χ1n) is 5.46. The molecule has 0 aliphatic rings. The van der Waals surface area contributed by atoms with E-state index in [-0.39, 0.29) is 12.5 Å². The van der Waals surface area contributed by atoms with Gasteiger partial charge in [0, 0.05) is 11.4 Å². The van der Waals surface area contributed by atoms with Crippen molar-refractivity contribution in [3.8, 4) is 0 Å². The molecule has 0 saturated carbocycles. The smallest absolute Gasteiger partial charge is 0.230 e. The van der Waals surface area contributed by atoms with Crippen molar-refractivity contribution in [2.24, 2.45) is 0 Å². The molecular formula is C12H16ClNO2S. The summed E-state index contributed by atoms with van der Waals surface area (Å²) in [7, 11) is 0. The molecule has 0 atom stereocenters. The summed E-state index contributed by atoms with van der Waals surface area (Å²) in [6.45, 7) is 2.69. The molecule has 0 aliphatic carbocycles. The Balaban J connectivity index is 2.49. The highest BCUT2D eigenvalue weighted by atomic mass is 35.5. The van der Waals surface area contributed by atoms with E-state index in [1.807, 2.05) is 13.0 Å². The van der Waals surface area contributed by atoms with Gasteiger partial charge in [-0.15, -0.1) is 11.8 Å². The Bertz CT molecular complexity index is 385. The number of hydrogen-bond donors (Lipinski definition) is 2. The zero-order chi connectivity index (χ0) is 12.7. The molecule has 0 aromatic heterocycles. The van der Waals surface area contributed by atoms with Crippen molar-refractivity contribution < 1.29 is 9.90 Å². The summed E-state index contributed by atoms with van der Waals surface area (Å²) in [6, 6.07) is 5.34. The van der Waals surface area contributed by atoms with Crippen LogP contribution in [0.5, 0.6) is 0 Å². The molecule has 0 heterocycles. The van der Waals surface area contributed by atoms with Crippen molar-refractivity contribution in [2.75, 3.05) is 12.3 Å². The molecule has 1 rings (SSSR count). The number of hydrogen-bond acceptors (Lipinski definition) is 3. The van der Waals surface area contributed by atoms with Crippen molar-refractivity contribution in [2.45, 2.75) is 24.8 Å². The molecule has 0 saturated heterocycles. The summed E-state index contributed by atoms with van der Waals surface area (Å²) < 4.78 is 0. The zero-order valence-corrected chi connectivity index (χ0v) is 11.3. The standard InChI is InChI=1S/C12H16ClNO2S/c1-2-5-14-12(16)8-17-11-4-3-9(7-15)6-10(11)13/h3-4,6,15H,2,5,7-8H2,1H3,(H,14,16). The van der Waals surface area contributed by atoms with E-state index < -0.39 is 0 Å². The van der Waals surface area contributed by atoms with Crippen LogP contribution in [0.15, 0.2) is 23.1 Å². The van der Waals surface area contributed by atoms with E-state index in [0.717, 1.165) is 16.9 Å². The van der Waals surface area contributed by atoms with Gasteiger partial charge < -0.3 is 10.4 Å². The lowest BCUT2D eigenvalue weighted by molar-refractivity contribution is -0.118. The van der Waals surface area contributed by atoms with Gasteiger partial charge in [-0.1, -0.05) is 24.6 Å². The van der Waals surface area contributed by atoms with Crippen LogP contribution in [0.4, 0.5) is 0 Å². The minimum Gasteiger partial charge on any atom is -0.392 e. The van der Waals surface area contributed by atoms with E-state index in [1.165, 1.54) is 11.8 Å². The van der Waals surface area contributed by atoms with Gasteiger partial charge in [-0.3, -0.25) is 4.79 Å². The molecule has 1 aromatic rings. The molecule has 5 heteroatoms. The van der Waals surface area contributed by atoms with Crippen LogP contribution in [0.3, 0.4) is 0 Å². The third-order valence-corrected chi connectivity index (χ3v) is 3.61. The van der Waals surface area contributed by atoms with Crippen molar-refractivity contribution in [3.63, 3.8) is 0 Å². The van der Waals surface area contributed by atoms with E-state index in [1.54, 1.807) is 12.1 Å². The highest BCUT2D eigenvalue weighted by molar-refractivity contribution is 8.00. The van der Waals surface area contributed by atoms with Crippen LogP contribution in [0.2, 0.25) is 5.02 Å². The van der Waals surface area contributed by atoms with E-state index in [2.05, 4.69) is 5.32 Å². The van der Waals surface area contributed by atoms with Crippen LogP contribution in [-0.2, 0) is 11.4 Å². The summed E-state index contributed by atoms with van der Waals surface area (Å²) in [5.74, 6) is 0.372. The van der Waals surface area contributed by atoms with Crippen molar-refractivity contribution in [1.82, 2.24) is 5.32 Å². The average Bonchev–Trinajstić information content (AvgIpc) is 2.34. The number of carbonyl (C=O) groups is 1. The second kappa shape index (κ2) is 7.58. The highest BCUT2D eigenvalue weighted by Gasteiger charge is 2.06. The summed E-state index contributed by atoms with van der Waals surface area (Å²) >= 11 is 7.43. The third-order valence-electron chi connectivity index (χ3n) is 2.11. The van der Waals surface area contributed by atoms with Gasteiger partial charge in [-0.05, 0) is 24.1 Å². The molecule has 0 spiro atoms. The number of aliphatic hydroxyl groups excluding tert-OH is 1. The van der Waals surface area contributed by atoms with Gasteiger partial charge in [0.1, 0.15) is 0 Å². The normalized spacial score (nSPS) is 10.3. The maximum absolute atomic E-state index is 11.4. The van der Waals surface area contributed by atoms with E-state index >= 15 is 0 Å². The van der Waals surface area contributed by atoms with E-state index in [0.29, 0.717) is 17.3 Å². The van der Waals surface area contributed by atoms with Crippen molar-refractivity contribution in [3.05, 3.63) is 28.8 Å². The average molecular weight is 274 g/mol. The fraction of sp³-hybridized carbons (Fsp3) is 0.417. The molecule has 3 nitrogen and oxygen atoms in total. The van der Waals surface area contributed by atoms with Crippen LogP contribution in [0.25, 0.3) is 0 Å². The van der Waals surface area contributed by atoms with Crippen LogP contribution < -0.4 is 5.32 Å². The third kappa shape index (κ3) is 4.98. The molecular weight excluding hydrogens is 258 g/mol. The van der Waals surface area contributed by atoms with Crippen LogP contribution >= 0.6 is 23.4 Å². The lowest BCUT2D eigenvalue weighted by Gasteiger charge is -2.06. The molecule has 0 unspecified atom stereocenters. The number of halogens is 1. The molecule has 0 fully saturated rings. The van der Waals surface area contributed by atoms with E-state index in [9.17, 15) is 4.79 Å². The predicted octanol–water partition coefficient (Wildman–Crippen LogP) is 2.45. The van der Waals surface area contributed by atoms with Gasteiger partial charge in [0.25, 0.3) is 0 Å². The Morgan fingerprint density at radius 3 is 2.88 bits per heavy atom. The van der Waals surface area contributed by atoms with Crippen LogP contribution in [-0.4, -0.2) is 23.3 Å². The van der Waals surface area contributed by atoms with Gasteiger partial charge in [-0.2, -0.15) is 0 Å². The van der Waals surface area contributed by atoms with E-state index in [4.69, 9.17) is 16.7 Å². The Morgan fingerprint density at radius 2 is 2.29 bits per heavy atom. The molecule has 94 valence electrons. The highest BCUT2D eigenvalue weighted by Crippen LogP contribution is 2.27. The minimum atomic E-state index is -0.0261. The Morgan fingerprint density at radius 1 is 1.53 bits per heavy atom. The Hall–Kier alpha value is -0.710. The number of rotatable bonds is 6. The van der Waals surface area contributed by atoms with Crippen LogP contribution in [0, 0.1) is 0 Å². The quantitative estimate of drug-likeness (QED) is 0.783. The summed E-state index contributed by atoms with van der Waals surface area (Å²) in [5.41, 5.74) is 0.773. The largest absolute Gasteiger partial charge is 0.392 e. The lowest BCUT2D eigenvalue weighted by atomic mass is 10.2. The van der Waals surface area contributed by atoms with Crippen LogP contribution in [0.1, 0.15) is 18.9 Å². The number of carbonyl (C=O) groups excluding carboxylic acids is 1. The minimum absolute atomic E-state index is 0.0131. The summed E-state index contributed by atoms with van der Waals surface area (Å²) in [5, 5.41) is 12.3. The Labute approximate surface area is 111 Å². The number of benzene rings is 1. The first kappa shape index (κ1) is 14.4. The summed E-state index contributed by atoms with van der Waals surface area (Å²) in [4.78, 5) is 12.3. The van der Waals surface area contributed by atoms with Crippen molar-refractivity contribution in [1.29, 1.82) is 0 Å². The van der Waals surface area contributed by atoms with Gasteiger partial charge in [0.05, 0.1) is 17.4 Å². The van der Waals surface area contributed by atoms with Gasteiger partial charge in [0.2, 0.25) is 5.91 Å². The first-order valence-corrected chi connectivity index (χ1v) is 6.82. The zero-order valence-electron chi connectivity index (χ0n) is 9.70. The van der Waals surface area contributed by atoms with Gasteiger partial charge in [-0.25, -0.2) is 0 Å². The fourth-order valence-electron chi connectivity index (χ4n) is 1.22. The second-order valence-electron chi connectivity index (χ2n) is 3.56. The molecule has 0 radical (unpaired) electrons. The molecule has 17 heavy (non-hydrogen) atoms. The SMILES string of the molecule is CCCNC(=O)CSc1ccc(CO)cc1Cl. The Kier molecular flexibility index (Phi) is 6.40. The monoisotopic (exact) mass is 273 g/mol. The lowest BCUT2D eigenvalue weighted by Crippen LogP contribution is -2.25. The second-order valence-corrected chi connectivity index (χ2v) is 4.99. The number of nitrogens with one attached hydrogen (secondary N) is 1. The number of amides is 1. The molecule has 1 aromatic carbocycles. The topological polar surface area (TPSA) is 49.3 Å². The first-order chi connectivity index (χ1) is 8.17. The molecule has 2 N–H and O–H groups in total. The molecule has 0 aliphatic heterocycles. The van der Waals surface area contributed by atoms with Gasteiger partial charge >= 0.3 is 0 Å². The van der Waals surface area contributed by atoms with Gasteiger partial charge in [0.15, 0.2) is 0 Å². The number of thioether (sulfide) groups is 1. The molecule has 1 amide bonds.